The fraction of sp³-hybridized carbons (Fsp3) is 0.776. The van der Waals surface area contributed by atoms with E-state index in [-0.39, 0.29) is 35.5 Å². The number of likely N-dealkylation sites (tertiary alicyclic amines) is 1. The van der Waals surface area contributed by atoms with Crippen LogP contribution in [0.4, 0.5) is 4.79 Å². The van der Waals surface area contributed by atoms with Gasteiger partial charge in [-0.15, -0.1) is 0 Å². The predicted molar refractivity (Wildman–Crippen MR) is 299 cm³/mol. The topological polar surface area (TPSA) is 80.3 Å². The summed E-state index contributed by atoms with van der Waals surface area (Å²) in [5.41, 5.74) is 11.9. The number of carbonyl (C=O) groups excluding carboxylic acids is 1. The molecule has 1 amide bonds. The molecule has 20 atom stereocenters. The van der Waals surface area contributed by atoms with Gasteiger partial charge in [0.15, 0.2) is 0 Å². The van der Waals surface area contributed by atoms with Crippen LogP contribution in [0.15, 0.2) is 75.9 Å². The van der Waals surface area contributed by atoms with Gasteiger partial charge in [-0.05, 0) is 206 Å². The number of nitrogens with zero attached hydrogens (tertiary/aromatic N) is 1. The molecule has 8 fully saturated rings. The molecule has 2 spiro atoms. The van der Waals surface area contributed by atoms with Gasteiger partial charge in [0.05, 0.1) is 35.6 Å². The quantitative estimate of drug-likeness (QED) is 0.287. The lowest BCUT2D eigenvalue weighted by atomic mass is 9.56. The largest absolute Gasteiger partial charge is 0.445 e. The van der Waals surface area contributed by atoms with Crippen LogP contribution in [0, 0.1) is 75.9 Å². The minimum atomic E-state index is -0.175. The Morgan fingerprint density at radius 1 is 0.703 bits per heavy atom. The van der Waals surface area contributed by atoms with E-state index in [2.05, 4.69) is 79.8 Å². The van der Waals surface area contributed by atoms with E-state index in [9.17, 15) is 9.90 Å². The second kappa shape index (κ2) is 20.5. The Hall–Kier alpha value is -2.71. The van der Waals surface area contributed by atoms with Gasteiger partial charge < -0.3 is 29.5 Å². The lowest BCUT2D eigenvalue weighted by Crippen LogP contribution is -2.54. The summed E-state index contributed by atoms with van der Waals surface area (Å²) in [6.45, 7) is 28.2. The van der Waals surface area contributed by atoms with E-state index in [0.29, 0.717) is 53.3 Å². The number of ether oxygens (including phenoxy) is 3. The maximum atomic E-state index is 13.5. The van der Waals surface area contributed by atoms with Gasteiger partial charge in [-0.1, -0.05) is 138 Å². The summed E-state index contributed by atoms with van der Waals surface area (Å²) in [6, 6.07) is 10.7. The summed E-state index contributed by atoms with van der Waals surface area (Å²) in [4.78, 5) is 15.6. The molecule has 408 valence electrons. The molecule has 1 aromatic rings. The SMILES string of the molecule is CC.CC1=C2C[C@H]3[C@@H](CC=C4C[C@@H](C)CC[C@@]43C)[C@@H]2CC[C@@]2(C1)O[C@@H]1C[C@H](C)CN(C(=O)OCc3ccccc3)[C@H]1[C@H]2C.CC1=C2C[C@H]3[C@@H](CC=C4C[C@@H](O)CC[C@@]43C)[C@@H]2CC[C@@]2(C1)O[C@@H]1C[C@H](C)CN[C@H]1[C@H]2C. The van der Waals surface area contributed by atoms with E-state index in [4.69, 9.17) is 14.2 Å². The summed E-state index contributed by atoms with van der Waals surface area (Å²) in [7, 11) is 0. The minimum Gasteiger partial charge on any atom is -0.445 e. The van der Waals surface area contributed by atoms with Gasteiger partial charge in [0.1, 0.15) is 6.61 Å². The summed E-state index contributed by atoms with van der Waals surface area (Å²) in [5.74, 6) is 7.56. The fourth-order valence-corrected chi connectivity index (χ4v) is 19.9. The first-order valence-corrected chi connectivity index (χ1v) is 31.0. The summed E-state index contributed by atoms with van der Waals surface area (Å²) < 4.78 is 20.1. The third kappa shape index (κ3) is 9.02. The number of rotatable bonds is 2. The Morgan fingerprint density at radius 3 is 1.91 bits per heavy atom. The monoisotopic (exact) mass is 1010 g/mol. The first kappa shape index (κ1) is 53.3. The number of nitrogens with one attached hydrogen (secondary N) is 1. The van der Waals surface area contributed by atoms with Crippen LogP contribution < -0.4 is 5.32 Å². The normalized spacial score (nSPS) is 46.8. The van der Waals surface area contributed by atoms with E-state index in [1.165, 1.54) is 77.0 Å². The second-order valence-electron chi connectivity index (χ2n) is 28.0. The lowest BCUT2D eigenvalue weighted by molar-refractivity contribution is -0.0783. The zero-order valence-corrected chi connectivity index (χ0v) is 48.2. The first-order chi connectivity index (χ1) is 35.5. The molecule has 74 heavy (non-hydrogen) atoms. The lowest BCUT2D eigenvalue weighted by Gasteiger charge is -2.49. The van der Waals surface area contributed by atoms with Crippen LogP contribution in [0.1, 0.15) is 197 Å². The highest BCUT2D eigenvalue weighted by Gasteiger charge is 2.61. The molecule has 8 aliphatic carbocycles. The number of piperidine rings is 2. The van der Waals surface area contributed by atoms with Crippen LogP contribution in [0.2, 0.25) is 0 Å². The number of aliphatic hydroxyl groups is 1. The van der Waals surface area contributed by atoms with Crippen molar-refractivity contribution in [3.8, 4) is 0 Å². The molecular weight excluding hydrogens is 913 g/mol. The number of hydrogen-bond donors (Lipinski definition) is 2. The number of amides is 1. The molecule has 7 heteroatoms. The number of carbonyl (C=O) groups is 1. The van der Waals surface area contributed by atoms with Crippen LogP contribution in [-0.2, 0) is 20.8 Å². The van der Waals surface area contributed by atoms with Crippen LogP contribution in [0.25, 0.3) is 0 Å². The molecule has 0 bridgehead atoms. The predicted octanol–water partition coefficient (Wildman–Crippen LogP) is 15.1. The Bertz CT molecular complexity index is 2370. The van der Waals surface area contributed by atoms with Crippen molar-refractivity contribution < 1.29 is 24.1 Å². The van der Waals surface area contributed by atoms with Crippen LogP contribution >= 0.6 is 0 Å². The number of benzene rings is 1. The van der Waals surface area contributed by atoms with Crippen LogP contribution in [0.3, 0.4) is 0 Å². The zero-order chi connectivity index (χ0) is 52.1. The number of hydrogen-bond acceptors (Lipinski definition) is 6. The standard InChI is InChI=1S/C37H51NO3.C28H43NO2.C2H6/c1-23-13-15-36(5)28(17-23)11-12-30-29-14-16-37(20-25(3)31(29)19-32(30)36)26(4)34-33(41-37)18-24(2)21-38(34)35(39)40-22-27-9-7-6-8-10-27;1-16-11-25-26(29-15-16)18(3)28(31-25)10-8-21-22-6-5-19-12-20(30)7-9-27(19,4)24(22)13-23(21)17(2)14-28;1-2/h6-11,23-24,26,29-30,32-34H,12-22H2,1-5H3;5,16,18,20-22,24-26,29-30H,6-15H2,1-4H3;1-2H3/t23-,24-,26+,29-,30-,32-,33+,34-,36-,37-;16-,18+,20-,21-,22-,24-,25+,26-,27-,28-;/m00./s1. The van der Waals surface area contributed by atoms with Gasteiger partial charge in [-0.3, -0.25) is 0 Å². The molecule has 4 saturated carbocycles. The van der Waals surface area contributed by atoms with Crippen LogP contribution in [-0.4, -0.2) is 70.8 Å². The van der Waals surface area contributed by atoms with Gasteiger partial charge in [0.25, 0.3) is 0 Å². The maximum absolute atomic E-state index is 13.5. The van der Waals surface area contributed by atoms with Crippen molar-refractivity contribution >= 4 is 6.09 Å². The Labute approximate surface area is 448 Å². The highest BCUT2D eigenvalue weighted by Crippen LogP contribution is 2.66. The molecule has 0 radical (unpaired) electrons. The van der Waals surface area contributed by atoms with Gasteiger partial charge in [-0.2, -0.15) is 0 Å². The van der Waals surface area contributed by atoms with Crippen molar-refractivity contribution in [2.45, 2.75) is 240 Å². The third-order valence-electron chi connectivity index (χ3n) is 23.9. The molecule has 1 aromatic carbocycles. The molecule has 4 saturated heterocycles. The summed E-state index contributed by atoms with van der Waals surface area (Å²) >= 11 is 0. The van der Waals surface area contributed by atoms with E-state index < -0.39 is 0 Å². The minimum absolute atomic E-state index is 0.0534. The Kier molecular flexibility index (Phi) is 14.8. The smallest absolute Gasteiger partial charge is 0.410 e. The van der Waals surface area contributed by atoms with Gasteiger partial charge >= 0.3 is 6.09 Å². The van der Waals surface area contributed by atoms with Crippen molar-refractivity contribution in [3.63, 3.8) is 0 Å². The summed E-state index contributed by atoms with van der Waals surface area (Å²) in [6.07, 6.45) is 27.1. The average Bonchev–Trinajstić information content (AvgIpc) is 4.06. The molecule has 0 unspecified atom stereocenters. The highest BCUT2D eigenvalue weighted by molar-refractivity contribution is 5.68. The van der Waals surface area contributed by atoms with Crippen molar-refractivity contribution in [1.82, 2.24) is 10.2 Å². The van der Waals surface area contributed by atoms with E-state index >= 15 is 0 Å². The molecule has 7 nitrogen and oxygen atoms in total. The van der Waals surface area contributed by atoms with Gasteiger partial charge in [0.2, 0.25) is 0 Å². The second-order valence-corrected chi connectivity index (χ2v) is 28.0. The van der Waals surface area contributed by atoms with E-state index in [1.807, 2.05) is 49.1 Å². The van der Waals surface area contributed by atoms with E-state index in [1.54, 1.807) is 33.4 Å². The molecular formula is C67H100N2O5. The van der Waals surface area contributed by atoms with Crippen molar-refractivity contribution in [2.24, 2.45) is 75.9 Å². The molecule has 2 N–H and O–H groups in total. The zero-order valence-electron chi connectivity index (χ0n) is 48.2. The number of allylic oxidation sites excluding steroid dienone is 5. The highest BCUT2D eigenvalue weighted by atomic mass is 16.6. The number of fused-ring (bicyclic) bond motifs is 12. The average molecular weight is 1010 g/mol. The van der Waals surface area contributed by atoms with Crippen LogP contribution in [0.5, 0.6) is 0 Å². The molecule has 4 heterocycles. The Balaban J connectivity index is 0.000000159. The molecule has 0 aromatic heterocycles. The molecule has 13 rings (SSSR count). The van der Waals surface area contributed by atoms with E-state index in [0.717, 1.165) is 98.6 Å². The summed E-state index contributed by atoms with van der Waals surface area (Å²) in [5, 5.41) is 14.1. The van der Waals surface area contributed by atoms with Crippen molar-refractivity contribution in [1.29, 1.82) is 0 Å². The molecule has 4 aliphatic heterocycles. The van der Waals surface area contributed by atoms with Gasteiger partial charge in [0, 0.05) is 24.4 Å². The van der Waals surface area contributed by atoms with Crippen molar-refractivity contribution in [2.75, 3.05) is 13.1 Å². The van der Waals surface area contributed by atoms with Gasteiger partial charge in [-0.25, -0.2) is 4.79 Å². The third-order valence-corrected chi connectivity index (χ3v) is 23.9. The fourth-order valence-electron chi connectivity index (χ4n) is 19.9. The first-order valence-electron chi connectivity index (χ1n) is 31.0. The van der Waals surface area contributed by atoms with Crippen molar-refractivity contribution in [3.05, 3.63) is 81.5 Å². The molecule has 12 aliphatic rings. The Morgan fingerprint density at radius 2 is 1.27 bits per heavy atom. The number of aliphatic hydroxyl groups excluding tert-OH is 1. The maximum Gasteiger partial charge on any atom is 0.410 e.